The maximum atomic E-state index is 12.4. The van der Waals surface area contributed by atoms with E-state index in [0.29, 0.717) is 17.2 Å². The van der Waals surface area contributed by atoms with Crippen molar-refractivity contribution in [2.45, 2.75) is 26.7 Å². The number of hydrogen-bond acceptors (Lipinski definition) is 4. The molecule has 0 aromatic carbocycles. The Morgan fingerprint density at radius 3 is 2.67 bits per heavy atom. The number of aryl methyl sites for hydroxylation is 1. The number of carbonyl (C=O) groups is 1. The first-order valence-electron chi connectivity index (χ1n) is 6.79. The van der Waals surface area contributed by atoms with Crippen LogP contribution in [0.5, 0.6) is 5.75 Å². The summed E-state index contributed by atoms with van der Waals surface area (Å²) in [5, 5.41) is 6.42. The highest BCUT2D eigenvalue weighted by Crippen LogP contribution is 2.39. The summed E-state index contributed by atoms with van der Waals surface area (Å²) < 4.78 is 6.21. The highest BCUT2D eigenvalue weighted by atomic mass is 79.9. The number of piperidine rings is 1. The lowest BCUT2D eigenvalue weighted by molar-refractivity contribution is 0.0923. The predicted molar refractivity (Wildman–Crippen MR) is 93.1 cm³/mol. The molecule has 4 nitrogen and oxygen atoms in total. The molecule has 2 heterocycles. The largest absolute Gasteiger partial charge is 0.494 e. The van der Waals surface area contributed by atoms with Crippen LogP contribution in [-0.2, 0) is 0 Å². The van der Waals surface area contributed by atoms with Crippen molar-refractivity contribution in [1.82, 2.24) is 10.6 Å². The SMILES string of the molecule is COc1c(C(=O)NCC2(C)CCNCC2)sc(C)c1Br.Cl. The molecule has 0 aliphatic carbocycles. The monoisotopic (exact) mass is 396 g/mol. The van der Waals surface area contributed by atoms with Crippen LogP contribution in [0.25, 0.3) is 0 Å². The third kappa shape index (κ3) is 4.34. The van der Waals surface area contributed by atoms with Crippen molar-refractivity contribution in [3.63, 3.8) is 0 Å². The second kappa shape index (κ2) is 7.81. The molecule has 0 radical (unpaired) electrons. The van der Waals surface area contributed by atoms with Gasteiger partial charge in [-0.2, -0.15) is 0 Å². The predicted octanol–water partition coefficient (Wildman–Crippen LogP) is 3.37. The number of methoxy groups -OCH3 is 1. The van der Waals surface area contributed by atoms with Crippen LogP contribution in [0, 0.1) is 12.3 Å². The van der Waals surface area contributed by atoms with E-state index < -0.39 is 0 Å². The van der Waals surface area contributed by atoms with Crippen molar-refractivity contribution in [1.29, 1.82) is 0 Å². The number of thiophene rings is 1. The molecule has 0 atom stereocenters. The molecule has 120 valence electrons. The molecule has 2 rings (SSSR count). The average molecular weight is 398 g/mol. The van der Waals surface area contributed by atoms with Crippen molar-refractivity contribution < 1.29 is 9.53 Å². The Balaban J connectivity index is 0.00000220. The Morgan fingerprint density at radius 2 is 2.10 bits per heavy atom. The zero-order chi connectivity index (χ0) is 14.8. The Morgan fingerprint density at radius 1 is 1.48 bits per heavy atom. The van der Waals surface area contributed by atoms with Gasteiger partial charge in [-0.1, -0.05) is 6.92 Å². The van der Waals surface area contributed by atoms with Crippen molar-refractivity contribution >= 4 is 45.6 Å². The lowest BCUT2D eigenvalue weighted by Gasteiger charge is -2.34. The number of rotatable bonds is 4. The van der Waals surface area contributed by atoms with Gasteiger partial charge in [-0.05, 0) is 54.2 Å². The molecular formula is C14H22BrClN2O2S. The fourth-order valence-electron chi connectivity index (χ4n) is 2.42. The number of ether oxygens (including phenoxy) is 1. The molecule has 21 heavy (non-hydrogen) atoms. The summed E-state index contributed by atoms with van der Waals surface area (Å²) >= 11 is 4.93. The molecule has 1 fully saturated rings. The van der Waals surface area contributed by atoms with Gasteiger partial charge >= 0.3 is 0 Å². The highest BCUT2D eigenvalue weighted by molar-refractivity contribution is 9.10. The van der Waals surface area contributed by atoms with E-state index in [1.54, 1.807) is 7.11 Å². The van der Waals surface area contributed by atoms with Gasteiger partial charge < -0.3 is 15.4 Å². The van der Waals surface area contributed by atoms with Crippen LogP contribution in [0.1, 0.15) is 34.3 Å². The molecule has 2 N–H and O–H groups in total. The maximum Gasteiger partial charge on any atom is 0.265 e. The Hall–Kier alpha value is -0.300. The van der Waals surface area contributed by atoms with Crippen LogP contribution in [0.4, 0.5) is 0 Å². The van der Waals surface area contributed by atoms with E-state index in [0.717, 1.165) is 35.3 Å². The van der Waals surface area contributed by atoms with Gasteiger partial charge in [0.1, 0.15) is 4.88 Å². The summed E-state index contributed by atoms with van der Waals surface area (Å²) in [5.41, 5.74) is 0.192. The van der Waals surface area contributed by atoms with Gasteiger partial charge in [0.15, 0.2) is 5.75 Å². The van der Waals surface area contributed by atoms with E-state index in [-0.39, 0.29) is 23.7 Å². The minimum absolute atomic E-state index is 0. The van der Waals surface area contributed by atoms with Gasteiger partial charge in [-0.3, -0.25) is 4.79 Å². The van der Waals surface area contributed by atoms with Crippen molar-refractivity contribution in [2.24, 2.45) is 5.41 Å². The zero-order valence-electron chi connectivity index (χ0n) is 12.5. The molecule has 1 amide bonds. The first-order valence-corrected chi connectivity index (χ1v) is 8.39. The van der Waals surface area contributed by atoms with E-state index >= 15 is 0 Å². The lowest BCUT2D eigenvalue weighted by atomic mass is 9.81. The van der Waals surface area contributed by atoms with Gasteiger partial charge in [0, 0.05) is 11.4 Å². The fraction of sp³-hybridized carbons (Fsp3) is 0.643. The second-order valence-corrected chi connectivity index (χ2v) is 7.60. The normalized spacial score (nSPS) is 17.0. The average Bonchev–Trinajstić information content (AvgIpc) is 2.73. The highest BCUT2D eigenvalue weighted by Gasteiger charge is 2.28. The van der Waals surface area contributed by atoms with E-state index in [9.17, 15) is 4.79 Å². The standard InChI is InChI=1S/C14H21BrN2O2S.ClH/c1-9-10(15)11(19-3)12(20-9)13(18)17-8-14(2)4-6-16-7-5-14;/h16H,4-8H2,1-3H3,(H,17,18);1H. The number of nitrogens with one attached hydrogen (secondary N) is 2. The zero-order valence-corrected chi connectivity index (χ0v) is 15.8. The van der Waals surface area contributed by atoms with Crippen LogP contribution in [-0.4, -0.2) is 32.7 Å². The minimum atomic E-state index is -0.0413. The number of amides is 1. The van der Waals surface area contributed by atoms with Crippen LogP contribution in [0.3, 0.4) is 0 Å². The summed E-state index contributed by atoms with van der Waals surface area (Å²) in [6.45, 7) is 6.98. The quantitative estimate of drug-likeness (QED) is 0.819. The Labute approximate surface area is 144 Å². The van der Waals surface area contributed by atoms with Crippen LogP contribution >= 0.6 is 39.7 Å². The van der Waals surface area contributed by atoms with Gasteiger partial charge in [-0.15, -0.1) is 23.7 Å². The number of halogens is 2. The van der Waals surface area contributed by atoms with E-state index in [1.807, 2.05) is 6.92 Å². The molecule has 1 saturated heterocycles. The molecule has 0 bridgehead atoms. The van der Waals surface area contributed by atoms with Crippen molar-refractivity contribution in [2.75, 3.05) is 26.7 Å². The first-order chi connectivity index (χ1) is 9.47. The molecule has 0 spiro atoms. The smallest absolute Gasteiger partial charge is 0.265 e. The molecule has 0 saturated carbocycles. The minimum Gasteiger partial charge on any atom is -0.494 e. The molecule has 1 aliphatic rings. The van der Waals surface area contributed by atoms with E-state index in [1.165, 1.54) is 11.3 Å². The number of hydrogen-bond donors (Lipinski definition) is 2. The second-order valence-electron chi connectivity index (χ2n) is 5.58. The summed E-state index contributed by atoms with van der Waals surface area (Å²) in [7, 11) is 1.59. The van der Waals surface area contributed by atoms with Gasteiger partial charge in [0.2, 0.25) is 0 Å². The molecule has 0 unspecified atom stereocenters. The summed E-state index contributed by atoms with van der Waals surface area (Å²) in [4.78, 5) is 14.1. The van der Waals surface area contributed by atoms with Gasteiger partial charge in [-0.25, -0.2) is 0 Å². The van der Waals surface area contributed by atoms with E-state index in [2.05, 4.69) is 33.5 Å². The molecule has 1 aliphatic heterocycles. The summed E-state index contributed by atoms with van der Waals surface area (Å²) in [5.74, 6) is 0.598. The van der Waals surface area contributed by atoms with Gasteiger partial charge in [0.25, 0.3) is 5.91 Å². The summed E-state index contributed by atoms with van der Waals surface area (Å²) in [6.07, 6.45) is 2.19. The van der Waals surface area contributed by atoms with Crippen LogP contribution in [0.15, 0.2) is 4.47 Å². The van der Waals surface area contributed by atoms with Crippen molar-refractivity contribution in [3.05, 3.63) is 14.2 Å². The van der Waals surface area contributed by atoms with E-state index in [4.69, 9.17) is 4.74 Å². The lowest BCUT2D eigenvalue weighted by Crippen LogP contribution is -2.42. The molecular weight excluding hydrogens is 376 g/mol. The maximum absolute atomic E-state index is 12.4. The Bertz CT molecular complexity index is 501. The Kier molecular flexibility index (Phi) is 6.97. The topological polar surface area (TPSA) is 50.4 Å². The van der Waals surface area contributed by atoms with Crippen LogP contribution < -0.4 is 15.4 Å². The molecule has 7 heteroatoms. The third-order valence-electron chi connectivity index (χ3n) is 3.87. The molecule has 1 aromatic heterocycles. The number of carbonyl (C=O) groups excluding carboxylic acids is 1. The van der Waals surface area contributed by atoms with Gasteiger partial charge in [0.05, 0.1) is 11.6 Å². The summed E-state index contributed by atoms with van der Waals surface area (Å²) in [6, 6.07) is 0. The van der Waals surface area contributed by atoms with Crippen LogP contribution in [0.2, 0.25) is 0 Å². The fourth-order valence-corrected chi connectivity index (χ4v) is 4.08. The first kappa shape index (κ1) is 18.7. The van der Waals surface area contributed by atoms with Crippen molar-refractivity contribution in [3.8, 4) is 5.75 Å². The molecule has 1 aromatic rings. The third-order valence-corrected chi connectivity index (χ3v) is 6.17.